The minimum atomic E-state index is -0.0366. The number of nitrogens with zero attached hydrogens (tertiary/aromatic N) is 3. The molecule has 0 atom stereocenters. The molecular weight excluding hydrogens is 358 g/mol. The van der Waals surface area contributed by atoms with Gasteiger partial charge in [-0.05, 0) is 33.0 Å². The number of fused-ring (bicyclic) bond motifs is 1. The lowest BCUT2D eigenvalue weighted by atomic mass is 10.2. The summed E-state index contributed by atoms with van der Waals surface area (Å²) in [6, 6.07) is 1.95. The third-order valence-electron chi connectivity index (χ3n) is 4.19. The van der Waals surface area contributed by atoms with Crippen LogP contribution in [0.25, 0.3) is 10.1 Å². The second-order valence-electron chi connectivity index (χ2n) is 5.87. The van der Waals surface area contributed by atoms with Gasteiger partial charge in [-0.15, -0.1) is 11.3 Å². The van der Waals surface area contributed by atoms with Crippen LogP contribution < -0.4 is 4.74 Å². The van der Waals surface area contributed by atoms with Crippen LogP contribution in [0, 0.1) is 6.92 Å². The molecule has 0 unspecified atom stereocenters. The first-order valence-electron chi connectivity index (χ1n) is 8.63. The van der Waals surface area contributed by atoms with Crippen LogP contribution in [0.3, 0.4) is 0 Å². The van der Waals surface area contributed by atoms with Crippen LogP contribution >= 0.6 is 22.9 Å². The van der Waals surface area contributed by atoms with Gasteiger partial charge in [0, 0.05) is 30.5 Å². The van der Waals surface area contributed by atoms with Gasteiger partial charge < -0.3 is 14.5 Å². The van der Waals surface area contributed by atoms with Crippen molar-refractivity contribution < 1.29 is 9.53 Å². The molecule has 25 heavy (non-hydrogen) atoms. The van der Waals surface area contributed by atoms with E-state index in [0.29, 0.717) is 28.9 Å². The van der Waals surface area contributed by atoms with Crippen molar-refractivity contribution >= 4 is 38.9 Å². The number of carbonyl (C=O) groups is 1. The number of ether oxygens (including phenoxy) is 1. The van der Waals surface area contributed by atoms with Crippen LogP contribution in [0.2, 0.25) is 5.15 Å². The lowest BCUT2D eigenvalue weighted by Gasteiger charge is -2.23. The molecule has 0 saturated heterocycles. The Bertz CT molecular complexity index is 743. The smallest absolute Gasteiger partial charge is 0.267 e. The van der Waals surface area contributed by atoms with Crippen molar-refractivity contribution in [2.75, 3.05) is 39.8 Å². The molecule has 7 heteroatoms. The number of halogens is 1. The number of likely N-dealkylation sites (N-methyl/N-ethyl adjacent to an activating group) is 2. The predicted molar refractivity (Wildman–Crippen MR) is 105 cm³/mol. The van der Waals surface area contributed by atoms with Crippen molar-refractivity contribution in [1.82, 2.24) is 14.8 Å². The van der Waals surface area contributed by atoms with Gasteiger partial charge in [0.15, 0.2) is 5.75 Å². The van der Waals surface area contributed by atoms with Gasteiger partial charge in [0.25, 0.3) is 5.91 Å². The Morgan fingerprint density at radius 2 is 1.96 bits per heavy atom. The zero-order valence-electron chi connectivity index (χ0n) is 15.6. The summed E-state index contributed by atoms with van der Waals surface area (Å²) in [6.07, 6.45) is 0. The van der Waals surface area contributed by atoms with E-state index in [-0.39, 0.29) is 5.91 Å². The molecule has 0 aromatic carbocycles. The number of hydrogen-bond acceptors (Lipinski definition) is 5. The first-order chi connectivity index (χ1) is 11.9. The Kier molecular flexibility index (Phi) is 7.04. The minimum Gasteiger partial charge on any atom is -0.491 e. The molecule has 2 heterocycles. The molecular formula is C18H26ClN3O2S. The molecule has 0 aliphatic carbocycles. The maximum absolute atomic E-state index is 13.0. The average Bonchev–Trinajstić information content (AvgIpc) is 2.93. The minimum absolute atomic E-state index is 0.0366. The second-order valence-corrected chi connectivity index (χ2v) is 7.28. The molecule has 0 radical (unpaired) electrons. The molecule has 0 aliphatic rings. The van der Waals surface area contributed by atoms with E-state index in [1.54, 1.807) is 4.90 Å². The Hall–Kier alpha value is -1.37. The zero-order valence-corrected chi connectivity index (χ0v) is 17.1. The molecule has 138 valence electrons. The summed E-state index contributed by atoms with van der Waals surface area (Å²) in [6.45, 7) is 12.0. The molecule has 0 saturated carbocycles. The summed E-state index contributed by atoms with van der Waals surface area (Å²) >= 11 is 7.75. The molecule has 5 nitrogen and oxygen atoms in total. The van der Waals surface area contributed by atoms with E-state index in [2.05, 4.69) is 23.7 Å². The maximum atomic E-state index is 13.0. The average molecular weight is 384 g/mol. The lowest BCUT2D eigenvalue weighted by Crippen LogP contribution is -2.36. The van der Waals surface area contributed by atoms with Crippen LogP contribution in [-0.2, 0) is 0 Å². The number of thiophene rings is 1. The summed E-state index contributed by atoms with van der Waals surface area (Å²) in [5.74, 6) is 0.519. The maximum Gasteiger partial charge on any atom is 0.267 e. The number of hydrogen-bond donors (Lipinski definition) is 0. The van der Waals surface area contributed by atoms with Crippen LogP contribution in [0.5, 0.6) is 5.75 Å². The van der Waals surface area contributed by atoms with E-state index in [1.807, 2.05) is 27.0 Å². The number of aromatic nitrogens is 1. The first kappa shape index (κ1) is 19.9. The van der Waals surface area contributed by atoms with Gasteiger partial charge in [0.05, 0.1) is 12.0 Å². The van der Waals surface area contributed by atoms with Crippen LogP contribution in [-0.4, -0.2) is 60.5 Å². The second kappa shape index (κ2) is 8.83. The fourth-order valence-electron chi connectivity index (χ4n) is 2.69. The van der Waals surface area contributed by atoms with Crippen molar-refractivity contribution in [2.45, 2.75) is 27.7 Å². The van der Waals surface area contributed by atoms with E-state index in [4.69, 9.17) is 16.3 Å². The number of carbonyl (C=O) groups excluding carboxylic acids is 1. The van der Waals surface area contributed by atoms with Gasteiger partial charge in [-0.1, -0.05) is 25.4 Å². The van der Waals surface area contributed by atoms with Gasteiger partial charge in [-0.25, -0.2) is 4.98 Å². The van der Waals surface area contributed by atoms with Crippen molar-refractivity contribution in [1.29, 1.82) is 0 Å². The van der Waals surface area contributed by atoms with E-state index in [9.17, 15) is 4.79 Å². The van der Waals surface area contributed by atoms with Gasteiger partial charge in [0.1, 0.15) is 10.0 Å². The number of rotatable bonds is 8. The molecule has 0 bridgehead atoms. The largest absolute Gasteiger partial charge is 0.491 e. The van der Waals surface area contributed by atoms with E-state index < -0.39 is 0 Å². The van der Waals surface area contributed by atoms with Crippen molar-refractivity contribution in [3.05, 3.63) is 21.8 Å². The Balaban J connectivity index is 2.33. The topological polar surface area (TPSA) is 45.7 Å². The van der Waals surface area contributed by atoms with Crippen molar-refractivity contribution in [3.63, 3.8) is 0 Å². The molecule has 0 spiro atoms. The monoisotopic (exact) mass is 383 g/mol. The Morgan fingerprint density at radius 3 is 2.56 bits per heavy atom. The molecule has 0 aliphatic heterocycles. The van der Waals surface area contributed by atoms with Crippen LogP contribution in [0.4, 0.5) is 0 Å². The van der Waals surface area contributed by atoms with Gasteiger partial charge >= 0.3 is 0 Å². The SMILES string of the molecule is CCOc1c(C(=O)N(C)CCN(CC)CC)sc2cc(C)nc(Cl)c12. The quantitative estimate of drug-likeness (QED) is 0.644. The predicted octanol–water partition coefficient (Wildman–Crippen LogP) is 4.07. The molecule has 0 N–H and O–H groups in total. The Morgan fingerprint density at radius 1 is 1.28 bits per heavy atom. The normalized spacial score (nSPS) is 11.3. The van der Waals surface area contributed by atoms with Crippen LogP contribution in [0.1, 0.15) is 36.1 Å². The highest BCUT2D eigenvalue weighted by molar-refractivity contribution is 7.21. The zero-order chi connectivity index (χ0) is 18.6. The third-order valence-corrected chi connectivity index (χ3v) is 5.57. The summed E-state index contributed by atoms with van der Waals surface area (Å²) in [5, 5.41) is 1.12. The molecule has 2 rings (SSSR count). The third kappa shape index (κ3) is 4.43. The summed E-state index contributed by atoms with van der Waals surface area (Å²) < 4.78 is 6.71. The highest BCUT2D eigenvalue weighted by Gasteiger charge is 2.25. The standard InChI is InChI=1S/C18H26ClN3O2S/c1-6-22(7-2)10-9-21(5)18(23)16-15(24-8-3)14-13(25-16)11-12(4)20-17(14)19/h11H,6-10H2,1-5H3. The van der Waals surface area contributed by atoms with Crippen LogP contribution in [0.15, 0.2) is 6.07 Å². The summed E-state index contributed by atoms with van der Waals surface area (Å²) in [5.41, 5.74) is 0.829. The highest BCUT2D eigenvalue weighted by atomic mass is 35.5. The molecule has 1 amide bonds. The molecule has 2 aromatic rings. The molecule has 2 aromatic heterocycles. The Labute approximate surface area is 158 Å². The number of pyridine rings is 1. The lowest BCUT2D eigenvalue weighted by molar-refractivity contribution is 0.0781. The van der Waals surface area contributed by atoms with E-state index >= 15 is 0 Å². The first-order valence-corrected chi connectivity index (χ1v) is 9.82. The fraction of sp³-hybridized carbons (Fsp3) is 0.556. The highest BCUT2D eigenvalue weighted by Crippen LogP contribution is 2.42. The van der Waals surface area contributed by atoms with Gasteiger partial charge in [-0.3, -0.25) is 4.79 Å². The molecule has 0 fully saturated rings. The van der Waals surface area contributed by atoms with E-state index in [0.717, 1.165) is 35.4 Å². The van der Waals surface area contributed by atoms with E-state index in [1.165, 1.54) is 11.3 Å². The number of aryl methyl sites for hydroxylation is 1. The fourth-order valence-corrected chi connectivity index (χ4v) is 4.31. The van der Waals surface area contributed by atoms with Crippen molar-refractivity contribution in [3.8, 4) is 5.75 Å². The summed E-state index contributed by atoms with van der Waals surface area (Å²) in [4.78, 5) is 21.9. The van der Waals surface area contributed by atoms with Crippen molar-refractivity contribution in [2.24, 2.45) is 0 Å². The summed E-state index contributed by atoms with van der Waals surface area (Å²) in [7, 11) is 1.83. The number of amides is 1. The van der Waals surface area contributed by atoms with Gasteiger partial charge in [0.2, 0.25) is 0 Å². The van der Waals surface area contributed by atoms with Gasteiger partial charge in [-0.2, -0.15) is 0 Å².